The number of imide groups is 1. The Labute approximate surface area is 194 Å². The van der Waals surface area contributed by atoms with Crippen molar-refractivity contribution < 1.29 is 14.3 Å². The van der Waals surface area contributed by atoms with Gasteiger partial charge in [-0.1, -0.05) is 72.8 Å². The number of carbonyl (C=O) groups excluding carboxylic acids is 2. The molecule has 1 N–H and O–H groups in total. The van der Waals surface area contributed by atoms with Crippen LogP contribution in [0.15, 0.2) is 88.9 Å². The molecule has 6 nitrogen and oxygen atoms in total. The molecule has 3 heterocycles. The van der Waals surface area contributed by atoms with Crippen LogP contribution in [0.3, 0.4) is 0 Å². The van der Waals surface area contributed by atoms with Gasteiger partial charge in [-0.25, -0.2) is 5.01 Å². The predicted molar refractivity (Wildman–Crippen MR) is 128 cm³/mol. The Kier molecular flexibility index (Phi) is 4.77. The number of hydrogen-bond acceptors (Lipinski definition) is 6. The lowest BCUT2D eigenvalue weighted by Crippen LogP contribution is -2.33. The highest BCUT2D eigenvalue weighted by Crippen LogP contribution is 2.47. The van der Waals surface area contributed by atoms with E-state index in [1.54, 1.807) is 6.08 Å². The minimum atomic E-state index is -0.362. The first-order valence-electron chi connectivity index (χ1n) is 10.7. The summed E-state index contributed by atoms with van der Waals surface area (Å²) in [5.41, 5.74) is 5.11. The van der Waals surface area contributed by atoms with Crippen LogP contribution in [-0.4, -0.2) is 21.9 Å². The van der Waals surface area contributed by atoms with E-state index >= 15 is 0 Å². The van der Waals surface area contributed by atoms with Crippen molar-refractivity contribution in [1.82, 2.24) is 10.3 Å². The molecule has 7 heteroatoms. The first-order chi connectivity index (χ1) is 16.2. The fourth-order valence-corrected chi connectivity index (χ4v) is 5.07. The maximum Gasteiger partial charge on any atom is 0.290 e. The molecular formula is C26H19N3O3S. The van der Waals surface area contributed by atoms with E-state index in [4.69, 9.17) is 9.84 Å². The molecule has 1 saturated heterocycles. The molecule has 3 aromatic carbocycles. The molecule has 0 aromatic heterocycles. The van der Waals surface area contributed by atoms with Gasteiger partial charge in [-0.3, -0.25) is 14.9 Å². The third kappa shape index (κ3) is 3.60. The number of nitrogens with one attached hydrogen (secondary N) is 1. The predicted octanol–water partition coefficient (Wildman–Crippen LogP) is 5.25. The molecule has 3 aliphatic heterocycles. The average molecular weight is 454 g/mol. The first-order valence-corrected chi connectivity index (χ1v) is 11.5. The van der Waals surface area contributed by atoms with E-state index in [9.17, 15) is 9.59 Å². The van der Waals surface area contributed by atoms with Gasteiger partial charge in [0.05, 0.1) is 16.7 Å². The quantitative estimate of drug-likeness (QED) is 0.548. The summed E-state index contributed by atoms with van der Waals surface area (Å²) in [4.78, 5) is 23.6. The largest absolute Gasteiger partial charge is 0.464 e. The summed E-state index contributed by atoms with van der Waals surface area (Å²) in [6, 6.07) is 26.3. The fraction of sp³-hybridized carbons (Fsp3) is 0.115. The van der Waals surface area contributed by atoms with Crippen LogP contribution in [0.2, 0.25) is 0 Å². The van der Waals surface area contributed by atoms with Crippen molar-refractivity contribution in [3.63, 3.8) is 0 Å². The second-order valence-corrected chi connectivity index (χ2v) is 9.05. The molecule has 0 saturated carbocycles. The van der Waals surface area contributed by atoms with E-state index in [0.29, 0.717) is 4.91 Å². The van der Waals surface area contributed by atoms with Gasteiger partial charge in [0, 0.05) is 17.5 Å². The Hall–Kier alpha value is -3.84. The van der Waals surface area contributed by atoms with Gasteiger partial charge >= 0.3 is 0 Å². The second-order valence-electron chi connectivity index (χ2n) is 8.04. The molecule has 2 atom stereocenters. The minimum absolute atomic E-state index is 0.0987. The lowest BCUT2D eigenvalue weighted by Gasteiger charge is -2.38. The molecule has 3 aliphatic rings. The van der Waals surface area contributed by atoms with Gasteiger partial charge in [0.2, 0.25) is 6.23 Å². The SMILES string of the molecule is O=C1NC(=O)/C(=C/c2ccc(C3Oc4ccccc4C4CC(c5ccccc5)=NN43)cc2)S1. The number of thioether (sulfide) groups is 1. The van der Waals surface area contributed by atoms with Crippen LogP contribution < -0.4 is 10.1 Å². The summed E-state index contributed by atoms with van der Waals surface area (Å²) in [6.07, 6.45) is 2.17. The summed E-state index contributed by atoms with van der Waals surface area (Å²) < 4.78 is 6.41. The molecule has 0 bridgehead atoms. The first kappa shape index (κ1) is 19.8. The maximum absolute atomic E-state index is 11.8. The number of fused-ring (bicyclic) bond motifs is 3. The monoisotopic (exact) mass is 453 g/mol. The molecule has 2 amide bonds. The number of hydrazone groups is 1. The van der Waals surface area contributed by atoms with Crippen LogP contribution >= 0.6 is 11.8 Å². The number of rotatable bonds is 3. The van der Waals surface area contributed by atoms with E-state index in [1.807, 2.05) is 60.7 Å². The Bertz CT molecular complexity index is 1320. The van der Waals surface area contributed by atoms with E-state index in [2.05, 4.69) is 28.5 Å². The number of amides is 2. The molecule has 0 radical (unpaired) electrons. The van der Waals surface area contributed by atoms with Gasteiger partial charge in [0.15, 0.2) is 0 Å². The summed E-state index contributed by atoms with van der Waals surface area (Å²) >= 11 is 0.915. The fourth-order valence-electron chi connectivity index (χ4n) is 4.39. The molecule has 0 aliphatic carbocycles. The average Bonchev–Trinajstić information content (AvgIpc) is 3.43. The highest BCUT2D eigenvalue weighted by Gasteiger charge is 2.40. The van der Waals surface area contributed by atoms with Crippen molar-refractivity contribution in [1.29, 1.82) is 0 Å². The van der Waals surface area contributed by atoms with Crippen LogP contribution in [0.4, 0.5) is 4.79 Å². The normalized spacial score (nSPS) is 22.5. The topological polar surface area (TPSA) is 71.0 Å². The molecule has 33 heavy (non-hydrogen) atoms. The van der Waals surface area contributed by atoms with Crippen LogP contribution in [0, 0.1) is 0 Å². The van der Waals surface area contributed by atoms with Gasteiger partial charge in [0.25, 0.3) is 11.1 Å². The van der Waals surface area contributed by atoms with Crippen LogP contribution in [-0.2, 0) is 4.79 Å². The highest BCUT2D eigenvalue weighted by atomic mass is 32.2. The van der Waals surface area contributed by atoms with Crippen molar-refractivity contribution in [3.8, 4) is 5.75 Å². The zero-order chi connectivity index (χ0) is 22.4. The number of hydrogen-bond donors (Lipinski definition) is 1. The smallest absolute Gasteiger partial charge is 0.290 e. The van der Waals surface area contributed by atoms with Crippen molar-refractivity contribution in [2.45, 2.75) is 18.7 Å². The van der Waals surface area contributed by atoms with Crippen LogP contribution in [0.5, 0.6) is 5.75 Å². The number of benzene rings is 3. The molecule has 0 spiro atoms. The van der Waals surface area contributed by atoms with Gasteiger partial charge in [0.1, 0.15) is 5.75 Å². The lowest BCUT2D eigenvalue weighted by atomic mass is 9.96. The summed E-state index contributed by atoms with van der Waals surface area (Å²) in [7, 11) is 0. The maximum atomic E-state index is 11.8. The molecule has 2 unspecified atom stereocenters. The third-order valence-electron chi connectivity index (χ3n) is 5.97. The molecular weight excluding hydrogens is 434 g/mol. The van der Waals surface area contributed by atoms with Gasteiger partial charge in [-0.2, -0.15) is 5.10 Å². The zero-order valence-electron chi connectivity index (χ0n) is 17.5. The van der Waals surface area contributed by atoms with Crippen molar-refractivity contribution in [2.75, 3.05) is 0 Å². The zero-order valence-corrected chi connectivity index (χ0v) is 18.3. The summed E-state index contributed by atoms with van der Waals surface area (Å²) in [6.45, 7) is 0. The summed E-state index contributed by atoms with van der Waals surface area (Å²) in [5, 5.41) is 8.97. The third-order valence-corrected chi connectivity index (χ3v) is 6.78. The van der Waals surface area contributed by atoms with Gasteiger partial charge < -0.3 is 4.74 Å². The van der Waals surface area contributed by atoms with Crippen LogP contribution in [0.25, 0.3) is 6.08 Å². The van der Waals surface area contributed by atoms with Gasteiger partial charge in [-0.05, 0) is 35.0 Å². The molecule has 3 aromatic rings. The minimum Gasteiger partial charge on any atom is -0.464 e. The Morgan fingerprint density at radius 3 is 2.48 bits per heavy atom. The standard InChI is InChI=1S/C26H19N3O3S/c30-24-23(33-26(31)27-24)14-16-10-12-18(13-11-16)25-29-21(19-8-4-5-9-22(19)32-25)15-20(28-29)17-6-2-1-3-7-17/h1-14,21,25H,15H2,(H,27,30,31)/b23-14-. The number of nitrogens with zero attached hydrogens (tertiary/aromatic N) is 2. The van der Waals surface area contributed by atoms with Crippen molar-refractivity contribution in [3.05, 3.63) is 106 Å². The number of carbonyl (C=O) groups is 2. The lowest BCUT2D eigenvalue weighted by molar-refractivity contribution is -0.115. The second kappa shape index (κ2) is 7.94. The van der Waals surface area contributed by atoms with E-state index in [0.717, 1.165) is 51.9 Å². The molecule has 6 rings (SSSR count). The number of ether oxygens (including phenoxy) is 1. The molecule has 162 valence electrons. The number of para-hydroxylation sites is 1. The van der Waals surface area contributed by atoms with Crippen molar-refractivity contribution in [2.24, 2.45) is 5.10 Å². The van der Waals surface area contributed by atoms with E-state index in [-0.39, 0.29) is 23.4 Å². The summed E-state index contributed by atoms with van der Waals surface area (Å²) in [5.74, 6) is 0.515. The van der Waals surface area contributed by atoms with Gasteiger partial charge in [-0.15, -0.1) is 0 Å². The Morgan fingerprint density at radius 2 is 1.73 bits per heavy atom. The highest BCUT2D eigenvalue weighted by molar-refractivity contribution is 8.18. The Balaban J connectivity index is 1.34. The van der Waals surface area contributed by atoms with Crippen LogP contribution in [0.1, 0.15) is 40.9 Å². The van der Waals surface area contributed by atoms with E-state index < -0.39 is 0 Å². The van der Waals surface area contributed by atoms with E-state index in [1.165, 1.54) is 0 Å². The Morgan fingerprint density at radius 1 is 0.970 bits per heavy atom. The van der Waals surface area contributed by atoms with Crippen molar-refractivity contribution >= 4 is 34.7 Å². The molecule has 1 fully saturated rings.